The molecule has 2 heterocycles. The maximum atomic E-state index is 12.5. The third-order valence-corrected chi connectivity index (χ3v) is 6.50. The molecule has 2 aliphatic heterocycles. The van der Waals surface area contributed by atoms with E-state index in [4.69, 9.17) is 0 Å². The molecular weight excluding hydrogens is 222 g/mol. The summed E-state index contributed by atoms with van der Waals surface area (Å²) in [6.45, 7) is 4.95. The largest absolute Gasteiger partial charge is 0.299 e. The lowest BCUT2D eigenvalue weighted by atomic mass is 9.48. The minimum absolute atomic E-state index is 0.314. The molecule has 2 saturated heterocycles. The quantitative estimate of drug-likeness (QED) is 0.656. The Morgan fingerprint density at radius 3 is 2.83 bits per heavy atom. The molecule has 2 bridgehead atoms. The van der Waals surface area contributed by atoms with Crippen LogP contribution in [-0.4, -0.2) is 29.3 Å². The van der Waals surface area contributed by atoms with Crippen molar-refractivity contribution in [3.63, 3.8) is 0 Å². The smallest absolute Gasteiger partial charge is 0.138 e. The summed E-state index contributed by atoms with van der Waals surface area (Å²) in [6.07, 6.45) is 8.75. The number of hydrogen-bond donors (Lipinski definition) is 0. The molecule has 0 aromatic carbocycles. The number of hydrogen-bond acceptors (Lipinski definition) is 2. The first-order valence-electron chi connectivity index (χ1n) is 7.99. The average molecular weight is 247 g/mol. The van der Waals surface area contributed by atoms with Crippen LogP contribution in [0.4, 0.5) is 0 Å². The van der Waals surface area contributed by atoms with E-state index >= 15 is 0 Å². The van der Waals surface area contributed by atoms with Crippen molar-refractivity contribution >= 4 is 5.78 Å². The lowest BCUT2D eigenvalue weighted by Gasteiger charge is -2.65. The SMILES string of the molecule is CC1C[C@H]2CC(=O)[C@H]3CCCN4CCC[C@H]2[C@]34C1. The molecule has 4 rings (SSSR count). The minimum Gasteiger partial charge on any atom is -0.299 e. The van der Waals surface area contributed by atoms with Gasteiger partial charge in [-0.3, -0.25) is 9.69 Å². The first-order chi connectivity index (χ1) is 8.72. The van der Waals surface area contributed by atoms with Gasteiger partial charge in [0.2, 0.25) is 0 Å². The Balaban J connectivity index is 1.82. The number of nitrogens with zero attached hydrogens (tertiary/aromatic N) is 1. The molecule has 0 radical (unpaired) electrons. The highest BCUT2D eigenvalue weighted by Crippen LogP contribution is 2.59. The predicted molar refractivity (Wildman–Crippen MR) is 71.3 cm³/mol. The van der Waals surface area contributed by atoms with Crippen molar-refractivity contribution in [2.24, 2.45) is 23.7 Å². The zero-order valence-electron chi connectivity index (χ0n) is 11.5. The number of carbonyl (C=O) groups is 1. The van der Waals surface area contributed by atoms with Crippen molar-refractivity contribution in [3.8, 4) is 0 Å². The monoisotopic (exact) mass is 247 g/mol. The van der Waals surface area contributed by atoms with Crippen molar-refractivity contribution in [2.45, 2.75) is 57.4 Å². The number of ketones is 1. The van der Waals surface area contributed by atoms with E-state index in [0.717, 1.165) is 24.2 Å². The van der Waals surface area contributed by atoms with E-state index in [0.29, 0.717) is 17.2 Å². The summed E-state index contributed by atoms with van der Waals surface area (Å²) in [6, 6.07) is 0. The fourth-order valence-electron chi connectivity index (χ4n) is 6.18. The summed E-state index contributed by atoms with van der Waals surface area (Å²) in [5.74, 6) is 3.43. The number of piperidine rings is 2. The molecule has 2 saturated carbocycles. The van der Waals surface area contributed by atoms with E-state index in [2.05, 4.69) is 11.8 Å². The van der Waals surface area contributed by atoms with E-state index < -0.39 is 0 Å². The highest BCUT2D eigenvalue weighted by molar-refractivity contribution is 5.84. The van der Waals surface area contributed by atoms with Crippen LogP contribution < -0.4 is 0 Å². The summed E-state index contributed by atoms with van der Waals surface area (Å²) in [5, 5.41) is 0. The first-order valence-corrected chi connectivity index (χ1v) is 7.99. The number of carbonyl (C=O) groups excluding carboxylic acids is 1. The third kappa shape index (κ3) is 1.31. The summed E-state index contributed by atoms with van der Waals surface area (Å²) in [5.41, 5.74) is 0.314. The van der Waals surface area contributed by atoms with Gasteiger partial charge in [0, 0.05) is 17.9 Å². The Bertz CT molecular complexity index is 377. The van der Waals surface area contributed by atoms with Gasteiger partial charge in [0.15, 0.2) is 0 Å². The summed E-state index contributed by atoms with van der Waals surface area (Å²) >= 11 is 0. The van der Waals surface area contributed by atoms with Crippen molar-refractivity contribution in [1.82, 2.24) is 4.90 Å². The number of rotatable bonds is 0. The van der Waals surface area contributed by atoms with Crippen LogP contribution in [0.5, 0.6) is 0 Å². The van der Waals surface area contributed by atoms with Gasteiger partial charge in [-0.2, -0.15) is 0 Å². The van der Waals surface area contributed by atoms with Crippen molar-refractivity contribution in [2.75, 3.05) is 13.1 Å². The van der Waals surface area contributed by atoms with Crippen LogP contribution in [0.2, 0.25) is 0 Å². The Labute approximate surface area is 110 Å². The van der Waals surface area contributed by atoms with Gasteiger partial charge in [-0.05, 0) is 69.4 Å². The van der Waals surface area contributed by atoms with E-state index in [1.54, 1.807) is 0 Å². The highest BCUT2D eigenvalue weighted by Gasteiger charge is 2.62. The zero-order valence-corrected chi connectivity index (χ0v) is 11.5. The maximum Gasteiger partial charge on any atom is 0.138 e. The molecule has 2 aliphatic carbocycles. The van der Waals surface area contributed by atoms with E-state index in [9.17, 15) is 4.79 Å². The normalized spacial score (nSPS) is 51.9. The second kappa shape index (κ2) is 3.82. The fourth-order valence-corrected chi connectivity index (χ4v) is 6.18. The highest BCUT2D eigenvalue weighted by atomic mass is 16.1. The zero-order chi connectivity index (χ0) is 12.3. The van der Waals surface area contributed by atoms with Gasteiger partial charge in [-0.15, -0.1) is 0 Å². The van der Waals surface area contributed by atoms with Crippen LogP contribution in [0.25, 0.3) is 0 Å². The van der Waals surface area contributed by atoms with Crippen molar-refractivity contribution in [3.05, 3.63) is 0 Å². The van der Waals surface area contributed by atoms with Gasteiger partial charge >= 0.3 is 0 Å². The van der Waals surface area contributed by atoms with E-state index in [-0.39, 0.29) is 0 Å². The Hall–Kier alpha value is -0.370. The van der Waals surface area contributed by atoms with Crippen molar-refractivity contribution in [1.29, 1.82) is 0 Å². The van der Waals surface area contributed by atoms with Crippen LogP contribution in [0.3, 0.4) is 0 Å². The lowest BCUT2D eigenvalue weighted by molar-refractivity contribution is -0.172. The standard InChI is InChI=1S/C16H25NO/c1-11-8-12-9-15(18)14-5-3-7-17-6-2-4-13(12)16(14,17)10-11/h11-14H,2-10H2,1H3/t11?,12-,13+,14+,16+/m0/s1. The molecule has 0 N–H and O–H groups in total. The summed E-state index contributed by atoms with van der Waals surface area (Å²) < 4.78 is 0. The van der Waals surface area contributed by atoms with E-state index in [1.807, 2.05) is 0 Å². The maximum absolute atomic E-state index is 12.5. The predicted octanol–water partition coefficient (Wildman–Crippen LogP) is 2.87. The molecule has 0 aromatic heterocycles. The molecule has 100 valence electrons. The van der Waals surface area contributed by atoms with Gasteiger partial charge in [0.25, 0.3) is 0 Å². The minimum atomic E-state index is 0.314. The van der Waals surface area contributed by atoms with Crippen LogP contribution in [0, 0.1) is 23.7 Å². The molecule has 18 heavy (non-hydrogen) atoms. The third-order valence-electron chi connectivity index (χ3n) is 6.50. The van der Waals surface area contributed by atoms with Gasteiger partial charge in [0.05, 0.1) is 0 Å². The molecule has 4 aliphatic rings. The van der Waals surface area contributed by atoms with Gasteiger partial charge < -0.3 is 0 Å². The lowest BCUT2D eigenvalue weighted by Crippen LogP contribution is -2.71. The van der Waals surface area contributed by atoms with Crippen LogP contribution in [0.1, 0.15) is 51.9 Å². The first kappa shape index (κ1) is 11.5. The fraction of sp³-hybridized carbons (Fsp3) is 0.938. The Morgan fingerprint density at radius 2 is 2.00 bits per heavy atom. The van der Waals surface area contributed by atoms with E-state index in [1.165, 1.54) is 51.6 Å². The van der Waals surface area contributed by atoms with Gasteiger partial charge in [-0.25, -0.2) is 0 Å². The van der Waals surface area contributed by atoms with Crippen LogP contribution in [-0.2, 0) is 4.79 Å². The molecule has 2 nitrogen and oxygen atoms in total. The van der Waals surface area contributed by atoms with Crippen LogP contribution >= 0.6 is 0 Å². The van der Waals surface area contributed by atoms with Crippen molar-refractivity contribution < 1.29 is 4.79 Å². The molecule has 0 aromatic rings. The van der Waals surface area contributed by atoms with Gasteiger partial charge in [-0.1, -0.05) is 6.92 Å². The van der Waals surface area contributed by atoms with Gasteiger partial charge in [0.1, 0.15) is 5.78 Å². The van der Waals surface area contributed by atoms with Crippen LogP contribution in [0.15, 0.2) is 0 Å². The molecule has 2 heteroatoms. The molecule has 1 spiro atoms. The second-order valence-electron chi connectivity index (χ2n) is 7.40. The summed E-state index contributed by atoms with van der Waals surface area (Å²) in [4.78, 5) is 15.3. The Kier molecular flexibility index (Phi) is 2.43. The molecule has 5 atom stereocenters. The average Bonchev–Trinajstić information content (AvgIpc) is 2.33. The summed E-state index contributed by atoms with van der Waals surface area (Å²) in [7, 11) is 0. The molecule has 0 amide bonds. The molecule has 1 unspecified atom stereocenters. The Morgan fingerprint density at radius 1 is 1.22 bits per heavy atom. The number of Topliss-reactive ketones (excluding diaryl/α,β-unsaturated/α-hetero) is 1. The molecule has 4 fully saturated rings. The topological polar surface area (TPSA) is 20.3 Å². The second-order valence-corrected chi connectivity index (χ2v) is 7.40. The molecular formula is C16H25NO.